The Labute approximate surface area is 82.9 Å². The molecule has 3 heteroatoms. The number of nitrogens with zero attached hydrogens (tertiary/aromatic N) is 1. The molecular formula is C10H11ClN2. The normalized spacial score (nSPS) is 12.1. The van der Waals surface area contributed by atoms with Gasteiger partial charge in [-0.1, -0.05) is 29.8 Å². The first-order valence-corrected chi connectivity index (χ1v) is 4.51. The second-order valence-corrected chi connectivity index (χ2v) is 3.19. The zero-order valence-corrected chi connectivity index (χ0v) is 7.96. The molecule has 1 atom stereocenters. The van der Waals surface area contributed by atoms with Crippen LogP contribution in [0.2, 0.25) is 5.02 Å². The van der Waals surface area contributed by atoms with E-state index in [4.69, 9.17) is 22.6 Å². The number of rotatable bonds is 3. The van der Waals surface area contributed by atoms with Crippen molar-refractivity contribution in [1.82, 2.24) is 0 Å². The maximum absolute atomic E-state index is 8.87. The molecule has 0 saturated carbocycles. The van der Waals surface area contributed by atoms with Gasteiger partial charge in [-0.25, -0.2) is 0 Å². The van der Waals surface area contributed by atoms with Gasteiger partial charge in [-0.3, -0.25) is 0 Å². The van der Waals surface area contributed by atoms with Crippen LogP contribution in [0.5, 0.6) is 0 Å². The molecule has 2 N–H and O–H groups in total. The van der Waals surface area contributed by atoms with Gasteiger partial charge in [0.15, 0.2) is 0 Å². The van der Waals surface area contributed by atoms with Crippen LogP contribution in [0.3, 0.4) is 0 Å². The van der Waals surface area contributed by atoms with Crippen LogP contribution in [0.4, 0.5) is 0 Å². The van der Waals surface area contributed by atoms with Crippen molar-refractivity contribution in [3.05, 3.63) is 34.9 Å². The molecule has 0 fully saturated rings. The van der Waals surface area contributed by atoms with Crippen molar-refractivity contribution in [3.63, 3.8) is 0 Å². The lowest BCUT2D eigenvalue weighted by Crippen LogP contribution is -2.06. The van der Waals surface area contributed by atoms with E-state index in [0.717, 1.165) is 5.56 Å². The first kappa shape index (κ1) is 10.0. The Kier molecular flexibility index (Phi) is 3.75. The Morgan fingerprint density at radius 1 is 1.46 bits per heavy atom. The van der Waals surface area contributed by atoms with Crippen LogP contribution in [-0.2, 0) is 0 Å². The Morgan fingerprint density at radius 3 is 2.69 bits per heavy atom. The van der Waals surface area contributed by atoms with Gasteiger partial charge in [0.05, 0.1) is 12.0 Å². The second kappa shape index (κ2) is 4.86. The zero-order valence-electron chi connectivity index (χ0n) is 7.20. The summed E-state index contributed by atoms with van der Waals surface area (Å²) in [6.45, 7) is 0.503. The predicted octanol–water partition coefficient (Wildman–Crippen LogP) is 2.30. The highest BCUT2D eigenvalue weighted by molar-refractivity contribution is 6.31. The van der Waals surface area contributed by atoms with E-state index in [1.54, 1.807) is 6.07 Å². The quantitative estimate of drug-likeness (QED) is 0.803. The van der Waals surface area contributed by atoms with Gasteiger partial charge >= 0.3 is 0 Å². The molecule has 0 amide bonds. The monoisotopic (exact) mass is 194 g/mol. The van der Waals surface area contributed by atoms with Crippen LogP contribution in [0, 0.1) is 11.3 Å². The molecule has 1 rings (SSSR count). The van der Waals surface area contributed by atoms with E-state index in [2.05, 4.69) is 6.07 Å². The van der Waals surface area contributed by atoms with Gasteiger partial charge in [-0.05, 0) is 24.6 Å². The van der Waals surface area contributed by atoms with Crippen LogP contribution in [0.1, 0.15) is 17.9 Å². The second-order valence-electron chi connectivity index (χ2n) is 2.78. The Hall–Kier alpha value is -1.04. The highest BCUT2D eigenvalue weighted by Gasteiger charge is 2.11. The summed E-state index contributed by atoms with van der Waals surface area (Å²) in [5, 5.41) is 9.51. The van der Waals surface area contributed by atoms with Crippen LogP contribution in [0.25, 0.3) is 0 Å². The topological polar surface area (TPSA) is 49.8 Å². The molecule has 0 aliphatic heterocycles. The van der Waals surface area contributed by atoms with Crippen LogP contribution < -0.4 is 5.73 Å². The first-order valence-electron chi connectivity index (χ1n) is 4.13. The lowest BCUT2D eigenvalue weighted by atomic mass is 9.97. The molecule has 0 radical (unpaired) electrons. The molecule has 1 unspecified atom stereocenters. The third-order valence-corrected chi connectivity index (χ3v) is 2.24. The van der Waals surface area contributed by atoms with Gasteiger partial charge in [-0.15, -0.1) is 0 Å². The highest BCUT2D eigenvalue weighted by Crippen LogP contribution is 2.25. The summed E-state index contributed by atoms with van der Waals surface area (Å²) in [5.41, 5.74) is 6.27. The minimum absolute atomic E-state index is 0.182. The predicted molar refractivity (Wildman–Crippen MR) is 53.5 cm³/mol. The summed E-state index contributed by atoms with van der Waals surface area (Å²) < 4.78 is 0. The van der Waals surface area contributed by atoms with Crippen molar-refractivity contribution in [2.24, 2.45) is 5.73 Å². The van der Waals surface area contributed by atoms with Crippen LogP contribution in [0.15, 0.2) is 24.3 Å². The molecule has 0 aliphatic rings. The number of hydrogen-bond acceptors (Lipinski definition) is 2. The van der Waals surface area contributed by atoms with Crippen molar-refractivity contribution in [3.8, 4) is 6.07 Å². The smallest absolute Gasteiger partial charge is 0.0739 e. The van der Waals surface area contributed by atoms with Crippen molar-refractivity contribution < 1.29 is 0 Å². The van der Waals surface area contributed by atoms with Crippen LogP contribution >= 0.6 is 11.6 Å². The largest absolute Gasteiger partial charge is 0.330 e. The van der Waals surface area contributed by atoms with E-state index in [1.807, 2.05) is 18.2 Å². The van der Waals surface area contributed by atoms with Crippen molar-refractivity contribution in [2.75, 3.05) is 6.54 Å². The summed E-state index contributed by atoms with van der Waals surface area (Å²) in [6.07, 6.45) is 0.653. The van der Waals surface area contributed by atoms with E-state index < -0.39 is 0 Å². The number of benzene rings is 1. The van der Waals surface area contributed by atoms with Gasteiger partial charge in [0.1, 0.15) is 0 Å². The molecule has 2 nitrogen and oxygen atoms in total. The molecule has 1 aromatic carbocycles. The molecule has 0 aliphatic carbocycles. The SMILES string of the molecule is N#CC(CCN)c1ccccc1Cl. The van der Waals surface area contributed by atoms with Gasteiger partial charge < -0.3 is 5.73 Å². The fourth-order valence-electron chi connectivity index (χ4n) is 1.21. The summed E-state index contributed by atoms with van der Waals surface area (Å²) in [4.78, 5) is 0. The average molecular weight is 195 g/mol. The average Bonchev–Trinajstić information content (AvgIpc) is 2.16. The Morgan fingerprint density at radius 2 is 2.15 bits per heavy atom. The molecule has 0 spiro atoms. The third kappa shape index (κ3) is 2.45. The highest BCUT2D eigenvalue weighted by atomic mass is 35.5. The van der Waals surface area contributed by atoms with E-state index >= 15 is 0 Å². The number of hydrogen-bond donors (Lipinski definition) is 1. The summed E-state index contributed by atoms with van der Waals surface area (Å²) in [6, 6.07) is 9.58. The minimum atomic E-state index is -0.182. The molecule has 13 heavy (non-hydrogen) atoms. The first-order chi connectivity index (χ1) is 6.29. The number of nitriles is 1. The van der Waals surface area contributed by atoms with Crippen molar-refractivity contribution >= 4 is 11.6 Å². The minimum Gasteiger partial charge on any atom is -0.330 e. The Bertz CT molecular complexity index is 317. The van der Waals surface area contributed by atoms with Crippen molar-refractivity contribution in [1.29, 1.82) is 5.26 Å². The number of nitrogens with two attached hydrogens (primary N) is 1. The molecule has 0 saturated heterocycles. The lowest BCUT2D eigenvalue weighted by Gasteiger charge is -2.08. The van der Waals surface area contributed by atoms with E-state index in [0.29, 0.717) is 18.0 Å². The van der Waals surface area contributed by atoms with Gasteiger partial charge in [-0.2, -0.15) is 5.26 Å². The third-order valence-electron chi connectivity index (χ3n) is 1.89. The summed E-state index contributed by atoms with van der Waals surface area (Å²) >= 11 is 5.94. The summed E-state index contributed by atoms with van der Waals surface area (Å²) in [5.74, 6) is -0.182. The molecule has 0 aromatic heterocycles. The Balaban J connectivity index is 2.92. The maximum atomic E-state index is 8.87. The van der Waals surface area contributed by atoms with Gasteiger partial charge in [0.25, 0.3) is 0 Å². The maximum Gasteiger partial charge on any atom is 0.0739 e. The molecular weight excluding hydrogens is 184 g/mol. The summed E-state index contributed by atoms with van der Waals surface area (Å²) in [7, 11) is 0. The molecule has 0 heterocycles. The zero-order chi connectivity index (χ0) is 9.68. The fraction of sp³-hybridized carbons (Fsp3) is 0.300. The molecule has 1 aromatic rings. The van der Waals surface area contributed by atoms with E-state index in [1.165, 1.54) is 0 Å². The molecule has 68 valence electrons. The van der Waals surface area contributed by atoms with Gasteiger partial charge in [0.2, 0.25) is 0 Å². The fourth-order valence-corrected chi connectivity index (χ4v) is 1.48. The van der Waals surface area contributed by atoms with E-state index in [-0.39, 0.29) is 5.92 Å². The van der Waals surface area contributed by atoms with Crippen molar-refractivity contribution in [2.45, 2.75) is 12.3 Å². The lowest BCUT2D eigenvalue weighted by molar-refractivity contribution is 0.758. The van der Waals surface area contributed by atoms with E-state index in [9.17, 15) is 0 Å². The number of halogens is 1. The van der Waals surface area contributed by atoms with Gasteiger partial charge in [0, 0.05) is 5.02 Å². The van der Waals surface area contributed by atoms with Crippen LogP contribution in [-0.4, -0.2) is 6.54 Å². The standard InChI is InChI=1S/C10H11ClN2/c11-10-4-2-1-3-9(10)8(7-13)5-6-12/h1-4,8H,5-6,12H2. The molecule has 0 bridgehead atoms.